The molecular formula is C22H35NO4. The van der Waals surface area contributed by atoms with E-state index < -0.39 is 17.4 Å². The number of hydrogen-bond acceptors (Lipinski definition) is 5. The first-order valence-corrected chi connectivity index (χ1v) is 9.64. The zero-order chi connectivity index (χ0) is 20.6. The average Bonchev–Trinajstić information content (AvgIpc) is 2.59. The Morgan fingerprint density at radius 2 is 1.59 bits per heavy atom. The number of rotatable bonds is 9. The molecule has 1 N–H and O–H groups in total. The van der Waals surface area contributed by atoms with E-state index in [0.717, 1.165) is 5.56 Å². The number of methoxy groups -OCH3 is 1. The highest BCUT2D eigenvalue weighted by molar-refractivity contribution is 5.82. The largest absolute Gasteiger partial charge is 0.469 e. The maximum atomic E-state index is 12.8. The van der Waals surface area contributed by atoms with Crippen LogP contribution < -0.4 is 5.32 Å². The Hall–Kier alpha value is -1.88. The van der Waals surface area contributed by atoms with Gasteiger partial charge in [0.1, 0.15) is 5.60 Å². The fraction of sp³-hybridized carbons (Fsp3) is 0.636. The number of esters is 2. The summed E-state index contributed by atoms with van der Waals surface area (Å²) < 4.78 is 10.6. The van der Waals surface area contributed by atoms with Gasteiger partial charge >= 0.3 is 11.9 Å². The Balaban J connectivity index is 2.97. The number of benzene rings is 1. The summed E-state index contributed by atoms with van der Waals surface area (Å²) in [7, 11) is 1.36. The van der Waals surface area contributed by atoms with Crippen LogP contribution in [0.15, 0.2) is 30.3 Å². The molecule has 5 nitrogen and oxygen atoms in total. The minimum atomic E-state index is -0.599. The fourth-order valence-corrected chi connectivity index (χ4v) is 3.01. The molecule has 0 heterocycles. The highest BCUT2D eigenvalue weighted by Crippen LogP contribution is 2.26. The molecule has 0 bridgehead atoms. The topological polar surface area (TPSA) is 64.6 Å². The van der Waals surface area contributed by atoms with Crippen molar-refractivity contribution in [1.82, 2.24) is 5.32 Å². The number of carbonyl (C=O) groups is 2. The zero-order valence-corrected chi connectivity index (χ0v) is 17.7. The smallest absolute Gasteiger partial charge is 0.310 e. The van der Waals surface area contributed by atoms with Gasteiger partial charge in [-0.1, -0.05) is 44.2 Å². The molecule has 152 valence electrons. The molecular weight excluding hydrogens is 342 g/mol. The molecule has 0 radical (unpaired) electrons. The van der Waals surface area contributed by atoms with Crippen LogP contribution in [0.1, 0.15) is 59.6 Å². The second kappa shape index (κ2) is 10.5. The normalized spacial score (nSPS) is 15.1. The number of nitrogens with one attached hydrogen (secondary N) is 1. The highest BCUT2D eigenvalue weighted by atomic mass is 16.6. The molecule has 0 fully saturated rings. The van der Waals surface area contributed by atoms with E-state index in [1.807, 2.05) is 71.9 Å². The molecule has 0 aliphatic rings. The molecule has 3 atom stereocenters. The molecule has 0 saturated carbocycles. The van der Waals surface area contributed by atoms with E-state index in [1.54, 1.807) is 0 Å². The van der Waals surface area contributed by atoms with Gasteiger partial charge in [-0.25, -0.2) is 0 Å². The predicted octanol–water partition coefficient (Wildman–Crippen LogP) is 4.13. The predicted molar refractivity (Wildman–Crippen MR) is 107 cm³/mol. The number of hydrogen-bond donors (Lipinski definition) is 1. The van der Waals surface area contributed by atoms with Crippen molar-refractivity contribution in [2.24, 2.45) is 17.8 Å². The molecule has 0 unspecified atom stereocenters. The maximum Gasteiger partial charge on any atom is 0.310 e. The van der Waals surface area contributed by atoms with Crippen LogP contribution in [0.4, 0.5) is 0 Å². The second-order valence-corrected chi connectivity index (χ2v) is 8.44. The number of carbonyl (C=O) groups excluding carboxylic acids is 2. The van der Waals surface area contributed by atoms with Gasteiger partial charge in [0.25, 0.3) is 0 Å². The van der Waals surface area contributed by atoms with Crippen molar-refractivity contribution in [1.29, 1.82) is 0 Å². The maximum absolute atomic E-state index is 12.8. The van der Waals surface area contributed by atoms with Gasteiger partial charge in [-0.05, 0) is 45.6 Å². The average molecular weight is 378 g/mol. The van der Waals surface area contributed by atoms with E-state index >= 15 is 0 Å². The Bertz CT molecular complexity index is 592. The number of ether oxygens (including phenoxy) is 2. The Labute approximate surface area is 163 Å². The molecule has 0 saturated heterocycles. The lowest BCUT2D eigenvalue weighted by molar-refractivity contribution is -0.168. The standard InChI is InChI=1S/C22H35NO4/c1-15(2)13-18(21(25)27-22(4,5)6)19(20(24)26-7)14-23-16(3)17-11-9-8-10-12-17/h8-12,15-16,18-19,23H,13-14H2,1-7H3/t16-,18-,19+/m1/s1. The highest BCUT2D eigenvalue weighted by Gasteiger charge is 2.37. The molecule has 1 rings (SSSR count). The van der Waals surface area contributed by atoms with Crippen LogP contribution in [0.2, 0.25) is 0 Å². The first kappa shape index (κ1) is 23.2. The van der Waals surface area contributed by atoms with E-state index in [0.29, 0.717) is 13.0 Å². The van der Waals surface area contributed by atoms with Gasteiger partial charge in [-0.15, -0.1) is 0 Å². The van der Waals surface area contributed by atoms with Crippen LogP contribution in [0.5, 0.6) is 0 Å². The van der Waals surface area contributed by atoms with Crippen molar-refractivity contribution in [3.63, 3.8) is 0 Å². The van der Waals surface area contributed by atoms with E-state index in [4.69, 9.17) is 9.47 Å². The lowest BCUT2D eigenvalue weighted by atomic mass is 9.84. The molecule has 0 spiro atoms. The summed E-state index contributed by atoms with van der Waals surface area (Å²) in [5.74, 6) is -1.63. The van der Waals surface area contributed by atoms with E-state index in [9.17, 15) is 9.59 Å². The molecule has 1 aromatic carbocycles. The first-order valence-electron chi connectivity index (χ1n) is 9.64. The van der Waals surface area contributed by atoms with Gasteiger partial charge in [0.05, 0.1) is 18.9 Å². The summed E-state index contributed by atoms with van der Waals surface area (Å²) in [6.45, 7) is 12.0. The van der Waals surface area contributed by atoms with Crippen LogP contribution in [0, 0.1) is 17.8 Å². The van der Waals surface area contributed by atoms with Crippen LogP contribution in [0.3, 0.4) is 0 Å². The van der Waals surface area contributed by atoms with E-state index in [2.05, 4.69) is 5.32 Å². The van der Waals surface area contributed by atoms with Gasteiger partial charge < -0.3 is 14.8 Å². The summed E-state index contributed by atoms with van der Waals surface area (Å²) in [6.07, 6.45) is 0.566. The third-order valence-electron chi connectivity index (χ3n) is 4.37. The van der Waals surface area contributed by atoms with Crippen molar-refractivity contribution in [2.75, 3.05) is 13.7 Å². The van der Waals surface area contributed by atoms with Gasteiger partial charge in [0.15, 0.2) is 0 Å². The van der Waals surface area contributed by atoms with Crippen LogP contribution >= 0.6 is 0 Å². The Morgan fingerprint density at radius 3 is 2.07 bits per heavy atom. The molecule has 0 aliphatic heterocycles. The van der Waals surface area contributed by atoms with E-state index in [-0.39, 0.29) is 23.9 Å². The zero-order valence-electron chi connectivity index (χ0n) is 17.7. The van der Waals surface area contributed by atoms with Crippen LogP contribution in [0.25, 0.3) is 0 Å². The fourth-order valence-electron chi connectivity index (χ4n) is 3.01. The minimum absolute atomic E-state index is 0.0525. The van der Waals surface area contributed by atoms with Crippen molar-refractivity contribution in [3.8, 4) is 0 Å². The molecule has 0 aliphatic carbocycles. The summed E-state index contributed by atoms with van der Waals surface area (Å²) in [5.41, 5.74) is 0.524. The molecule has 5 heteroatoms. The summed E-state index contributed by atoms with van der Waals surface area (Å²) in [5, 5.41) is 3.38. The quantitative estimate of drug-likeness (QED) is 0.656. The lowest BCUT2D eigenvalue weighted by Crippen LogP contribution is -2.42. The third kappa shape index (κ3) is 8.12. The monoisotopic (exact) mass is 377 g/mol. The Morgan fingerprint density at radius 1 is 1.00 bits per heavy atom. The lowest BCUT2D eigenvalue weighted by Gasteiger charge is -2.30. The molecule has 27 heavy (non-hydrogen) atoms. The first-order chi connectivity index (χ1) is 12.5. The van der Waals surface area contributed by atoms with Gasteiger partial charge in [0.2, 0.25) is 0 Å². The van der Waals surface area contributed by atoms with Gasteiger partial charge in [0, 0.05) is 12.6 Å². The van der Waals surface area contributed by atoms with Crippen molar-refractivity contribution >= 4 is 11.9 Å². The van der Waals surface area contributed by atoms with E-state index in [1.165, 1.54) is 7.11 Å². The van der Waals surface area contributed by atoms with Crippen molar-refractivity contribution < 1.29 is 19.1 Å². The Kier molecular flexibility index (Phi) is 8.97. The third-order valence-corrected chi connectivity index (χ3v) is 4.37. The minimum Gasteiger partial charge on any atom is -0.469 e. The summed E-state index contributed by atoms with van der Waals surface area (Å²) >= 11 is 0. The van der Waals surface area contributed by atoms with Gasteiger partial charge in [-0.3, -0.25) is 9.59 Å². The summed E-state index contributed by atoms with van der Waals surface area (Å²) in [6, 6.07) is 10.0. The van der Waals surface area contributed by atoms with Crippen LogP contribution in [-0.4, -0.2) is 31.2 Å². The summed E-state index contributed by atoms with van der Waals surface area (Å²) in [4.78, 5) is 25.3. The van der Waals surface area contributed by atoms with Crippen molar-refractivity contribution in [2.45, 2.75) is 59.6 Å². The van der Waals surface area contributed by atoms with Crippen LogP contribution in [-0.2, 0) is 19.1 Å². The van der Waals surface area contributed by atoms with Crippen molar-refractivity contribution in [3.05, 3.63) is 35.9 Å². The SMILES string of the molecule is COC(=O)[C@@H](CN[C@H](C)c1ccccc1)[C@@H](CC(C)C)C(=O)OC(C)(C)C. The molecule has 0 aromatic heterocycles. The molecule has 0 amide bonds. The second-order valence-electron chi connectivity index (χ2n) is 8.44. The van der Waals surface area contributed by atoms with Gasteiger partial charge in [-0.2, -0.15) is 0 Å². The molecule has 1 aromatic rings.